The lowest BCUT2D eigenvalue weighted by molar-refractivity contribution is 0.297. The molecule has 0 aromatic carbocycles. The summed E-state index contributed by atoms with van der Waals surface area (Å²) in [6, 6.07) is 0.267. The summed E-state index contributed by atoms with van der Waals surface area (Å²) in [6.07, 6.45) is 0. The van der Waals surface area contributed by atoms with E-state index in [0.29, 0.717) is 6.07 Å². The fourth-order valence-electron chi connectivity index (χ4n) is 1.35. The molecule has 0 aliphatic carbocycles. The van der Waals surface area contributed by atoms with Gasteiger partial charge in [-0.2, -0.15) is 9.37 Å². The molecule has 0 bridgehead atoms. The molecule has 90 valence electrons. The van der Waals surface area contributed by atoms with Gasteiger partial charge in [-0.25, -0.2) is 8.78 Å². The van der Waals surface area contributed by atoms with Crippen LogP contribution >= 0.6 is 0 Å². The zero-order valence-electron chi connectivity index (χ0n) is 9.04. The Labute approximate surface area is 91.5 Å². The van der Waals surface area contributed by atoms with Crippen LogP contribution in [0.5, 0.6) is 0 Å². The van der Waals surface area contributed by atoms with Gasteiger partial charge in [-0.3, -0.25) is 0 Å². The summed E-state index contributed by atoms with van der Waals surface area (Å²) >= 11 is 0. The first-order valence-electron chi connectivity index (χ1n) is 4.86. The number of hydrogen-bond donors (Lipinski definition) is 1. The molecule has 0 fully saturated rings. The third-order valence-corrected chi connectivity index (χ3v) is 2.10. The minimum Gasteiger partial charge on any atom is -0.395 e. The highest BCUT2D eigenvalue weighted by molar-refractivity contribution is 5.41. The molecule has 6 heteroatoms. The number of aromatic nitrogens is 1. The van der Waals surface area contributed by atoms with Gasteiger partial charge in [-0.15, -0.1) is 0 Å². The van der Waals surface area contributed by atoms with E-state index in [4.69, 9.17) is 5.11 Å². The lowest BCUT2D eigenvalue weighted by atomic mass is 10.3. The quantitative estimate of drug-likeness (QED) is 0.806. The van der Waals surface area contributed by atoms with Gasteiger partial charge in [0, 0.05) is 18.7 Å². The molecule has 16 heavy (non-hydrogen) atoms. The van der Waals surface area contributed by atoms with E-state index in [9.17, 15) is 13.2 Å². The summed E-state index contributed by atoms with van der Waals surface area (Å²) in [4.78, 5) is 4.57. The van der Waals surface area contributed by atoms with Crippen molar-refractivity contribution in [3.63, 3.8) is 0 Å². The fourth-order valence-corrected chi connectivity index (χ4v) is 1.35. The van der Waals surface area contributed by atoms with Gasteiger partial charge in [0.2, 0.25) is 0 Å². The molecular formula is C10H13F3N2O. The summed E-state index contributed by atoms with van der Waals surface area (Å²) in [6.45, 7) is 3.35. The minimum absolute atomic E-state index is 0.104. The van der Waals surface area contributed by atoms with Crippen LogP contribution in [-0.4, -0.2) is 29.3 Å². The maximum atomic E-state index is 13.4. The van der Waals surface area contributed by atoms with Gasteiger partial charge < -0.3 is 10.0 Å². The Bertz CT molecular complexity index is 371. The van der Waals surface area contributed by atoms with Gasteiger partial charge in [-0.05, 0) is 13.8 Å². The van der Waals surface area contributed by atoms with E-state index >= 15 is 0 Å². The predicted octanol–water partition coefficient (Wildman–Crippen LogP) is 1.71. The number of nitrogens with zero attached hydrogens (tertiary/aromatic N) is 2. The third-order valence-electron chi connectivity index (χ3n) is 2.10. The highest BCUT2D eigenvalue weighted by atomic mass is 19.2. The van der Waals surface area contributed by atoms with E-state index < -0.39 is 17.6 Å². The monoisotopic (exact) mass is 234 g/mol. The maximum Gasteiger partial charge on any atom is 0.251 e. The van der Waals surface area contributed by atoms with Crippen molar-refractivity contribution in [2.75, 3.05) is 18.1 Å². The fraction of sp³-hybridized carbons (Fsp3) is 0.500. The van der Waals surface area contributed by atoms with Crippen LogP contribution in [0.3, 0.4) is 0 Å². The lowest BCUT2D eigenvalue weighted by Gasteiger charge is -2.27. The summed E-state index contributed by atoms with van der Waals surface area (Å²) in [5.74, 6) is -3.90. The molecule has 1 aromatic heterocycles. The second-order valence-electron chi connectivity index (χ2n) is 3.58. The van der Waals surface area contributed by atoms with Crippen molar-refractivity contribution in [2.45, 2.75) is 19.9 Å². The molecule has 0 saturated heterocycles. The van der Waals surface area contributed by atoms with Gasteiger partial charge in [0.05, 0.1) is 6.61 Å². The molecule has 1 rings (SSSR count). The number of aliphatic hydroxyl groups is 1. The van der Waals surface area contributed by atoms with Crippen molar-refractivity contribution in [1.82, 2.24) is 4.98 Å². The molecular weight excluding hydrogens is 221 g/mol. The number of pyridine rings is 1. The third kappa shape index (κ3) is 2.63. The lowest BCUT2D eigenvalue weighted by Crippen LogP contribution is -2.35. The zero-order valence-corrected chi connectivity index (χ0v) is 9.04. The van der Waals surface area contributed by atoms with Crippen molar-refractivity contribution >= 4 is 5.82 Å². The Morgan fingerprint density at radius 1 is 1.31 bits per heavy atom. The van der Waals surface area contributed by atoms with E-state index in [1.54, 1.807) is 13.8 Å². The Kier molecular flexibility index (Phi) is 4.12. The summed E-state index contributed by atoms with van der Waals surface area (Å²) in [5, 5.41) is 8.80. The van der Waals surface area contributed by atoms with Crippen LogP contribution in [0.2, 0.25) is 0 Å². The molecule has 1 heterocycles. The Hall–Kier alpha value is -1.30. The summed E-state index contributed by atoms with van der Waals surface area (Å²) in [5.41, 5.74) is 0. The van der Waals surface area contributed by atoms with E-state index in [0.717, 1.165) is 0 Å². The van der Waals surface area contributed by atoms with Gasteiger partial charge in [0.25, 0.3) is 5.95 Å². The highest BCUT2D eigenvalue weighted by Crippen LogP contribution is 2.20. The van der Waals surface area contributed by atoms with Crippen molar-refractivity contribution in [3.8, 4) is 0 Å². The molecule has 0 spiro atoms. The molecule has 0 aliphatic heterocycles. The van der Waals surface area contributed by atoms with Crippen molar-refractivity contribution in [2.24, 2.45) is 0 Å². The largest absolute Gasteiger partial charge is 0.395 e. The zero-order chi connectivity index (χ0) is 12.3. The maximum absolute atomic E-state index is 13.4. The number of rotatable bonds is 4. The van der Waals surface area contributed by atoms with E-state index in [1.807, 2.05) is 0 Å². The van der Waals surface area contributed by atoms with Gasteiger partial charge >= 0.3 is 0 Å². The van der Waals surface area contributed by atoms with Crippen LogP contribution in [0, 0.1) is 17.6 Å². The average molecular weight is 234 g/mol. The van der Waals surface area contributed by atoms with Crippen LogP contribution in [0.25, 0.3) is 0 Å². The van der Waals surface area contributed by atoms with Gasteiger partial charge in [0.15, 0.2) is 17.5 Å². The average Bonchev–Trinajstić information content (AvgIpc) is 2.20. The van der Waals surface area contributed by atoms with Crippen LogP contribution in [0.4, 0.5) is 19.0 Å². The molecule has 0 atom stereocenters. The van der Waals surface area contributed by atoms with Gasteiger partial charge in [-0.1, -0.05) is 0 Å². The number of aliphatic hydroxyl groups excluding tert-OH is 1. The molecule has 1 N–H and O–H groups in total. The van der Waals surface area contributed by atoms with E-state index in [-0.39, 0.29) is 25.0 Å². The summed E-state index contributed by atoms with van der Waals surface area (Å²) < 4.78 is 38.9. The van der Waals surface area contributed by atoms with Crippen molar-refractivity contribution in [1.29, 1.82) is 0 Å². The Morgan fingerprint density at radius 2 is 1.94 bits per heavy atom. The normalized spacial score (nSPS) is 10.9. The molecule has 0 amide bonds. The van der Waals surface area contributed by atoms with Gasteiger partial charge in [0.1, 0.15) is 0 Å². The SMILES string of the molecule is CC(C)N(CCO)c1nc(F)c(F)cc1F. The molecule has 1 aromatic rings. The van der Waals surface area contributed by atoms with Crippen LogP contribution < -0.4 is 4.90 Å². The van der Waals surface area contributed by atoms with Crippen molar-refractivity contribution < 1.29 is 18.3 Å². The first-order valence-corrected chi connectivity index (χ1v) is 4.86. The first-order chi connectivity index (χ1) is 7.47. The Morgan fingerprint density at radius 3 is 2.44 bits per heavy atom. The topological polar surface area (TPSA) is 36.4 Å². The standard InChI is InChI=1S/C10H13F3N2O/c1-6(2)15(3-4-16)10-8(12)5-7(11)9(13)14-10/h5-6,16H,3-4H2,1-2H3. The molecule has 0 aliphatic rings. The van der Waals surface area contributed by atoms with Crippen LogP contribution in [-0.2, 0) is 0 Å². The van der Waals surface area contributed by atoms with Crippen molar-refractivity contribution in [3.05, 3.63) is 23.6 Å². The first kappa shape index (κ1) is 12.8. The second kappa shape index (κ2) is 5.16. The minimum atomic E-state index is -1.35. The molecule has 0 unspecified atom stereocenters. The summed E-state index contributed by atoms with van der Waals surface area (Å²) in [7, 11) is 0. The molecule has 3 nitrogen and oxygen atoms in total. The highest BCUT2D eigenvalue weighted by Gasteiger charge is 2.19. The van der Waals surface area contributed by atoms with E-state index in [1.165, 1.54) is 4.90 Å². The smallest absolute Gasteiger partial charge is 0.251 e. The molecule has 0 saturated carbocycles. The number of hydrogen-bond acceptors (Lipinski definition) is 3. The number of anilines is 1. The number of halogens is 3. The van der Waals surface area contributed by atoms with Crippen LogP contribution in [0.15, 0.2) is 6.07 Å². The predicted molar refractivity (Wildman–Crippen MR) is 53.7 cm³/mol. The van der Waals surface area contributed by atoms with E-state index in [2.05, 4.69) is 4.98 Å². The molecule has 0 radical (unpaired) electrons. The van der Waals surface area contributed by atoms with Crippen LogP contribution in [0.1, 0.15) is 13.8 Å². The second-order valence-corrected chi connectivity index (χ2v) is 3.58. The Balaban J connectivity index is 3.13.